The fraction of sp³-hybridized carbons (Fsp3) is 0.400. The van der Waals surface area contributed by atoms with Gasteiger partial charge in [-0.25, -0.2) is 4.79 Å². The smallest absolute Gasteiger partial charge is 0.338 e. The molecule has 1 aromatic carbocycles. The van der Waals surface area contributed by atoms with Crippen LogP contribution in [0.25, 0.3) is 0 Å². The van der Waals surface area contributed by atoms with Gasteiger partial charge < -0.3 is 18.7 Å². The molecule has 0 fully saturated rings. The SMILES string of the molecule is CCCc1noc(COC(=O)c2cc(OC)c(Br)c(OC)c2)n1. The number of hydrogen-bond acceptors (Lipinski definition) is 7. The number of methoxy groups -OCH3 is 2. The molecule has 0 bridgehead atoms. The third-order valence-electron chi connectivity index (χ3n) is 2.99. The zero-order valence-corrected chi connectivity index (χ0v) is 14.7. The van der Waals surface area contributed by atoms with E-state index in [-0.39, 0.29) is 12.5 Å². The summed E-state index contributed by atoms with van der Waals surface area (Å²) >= 11 is 3.34. The molecular weight excluding hydrogens is 368 g/mol. The van der Waals surface area contributed by atoms with E-state index in [0.717, 1.165) is 12.8 Å². The van der Waals surface area contributed by atoms with Crippen molar-refractivity contribution in [3.63, 3.8) is 0 Å². The van der Waals surface area contributed by atoms with E-state index in [1.54, 1.807) is 12.1 Å². The molecule has 2 rings (SSSR count). The molecule has 0 unspecified atom stereocenters. The number of esters is 1. The van der Waals surface area contributed by atoms with Crippen molar-refractivity contribution in [2.45, 2.75) is 26.4 Å². The van der Waals surface area contributed by atoms with Crippen molar-refractivity contribution in [2.75, 3.05) is 14.2 Å². The van der Waals surface area contributed by atoms with Gasteiger partial charge in [-0.1, -0.05) is 12.1 Å². The molecular formula is C15H17BrN2O5. The molecule has 0 saturated carbocycles. The van der Waals surface area contributed by atoms with E-state index >= 15 is 0 Å². The summed E-state index contributed by atoms with van der Waals surface area (Å²) in [7, 11) is 3.00. The molecule has 23 heavy (non-hydrogen) atoms. The first-order valence-electron chi connectivity index (χ1n) is 6.99. The van der Waals surface area contributed by atoms with Crippen molar-refractivity contribution < 1.29 is 23.5 Å². The minimum atomic E-state index is -0.538. The molecule has 0 radical (unpaired) electrons. The van der Waals surface area contributed by atoms with E-state index in [0.29, 0.717) is 27.4 Å². The highest BCUT2D eigenvalue weighted by Crippen LogP contribution is 2.35. The zero-order valence-electron chi connectivity index (χ0n) is 13.1. The van der Waals surface area contributed by atoms with E-state index < -0.39 is 5.97 Å². The number of nitrogens with zero attached hydrogens (tertiary/aromatic N) is 2. The lowest BCUT2D eigenvalue weighted by molar-refractivity contribution is 0.0429. The summed E-state index contributed by atoms with van der Waals surface area (Å²) in [6.07, 6.45) is 1.63. The summed E-state index contributed by atoms with van der Waals surface area (Å²) < 4.78 is 21.2. The minimum absolute atomic E-state index is 0.0871. The van der Waals surface area contributed by atoms with E-state index in [2.05, 4.69) is 26.1 Å². The first-order chi connectivity index (χ1) is 11.1. The normalized spacial score (nSPS) is 10.4. The van der Waals surface area contributed by atoms with E-state index in [9.17, 15) is 4.79 Å². The first-order valence-corrected chi connectivity index (χ1v) is 7.78. The Morgan fingerprint density at radius 1 is 1.26 bits per heavy atom. The zero-order chi connectivity index (χ0) is 16.8. The molecule has 0 spiro atoms. The van der Waals surface area contributed by atoms with Crippen LogP contribution in [-0.2, 0) is 17.8 Å². The number of aromatic nitrogens is 2. The Labute approximate surface area is 142 Å². The van der Waals surface area contributed by atoms with Crippen molar-refractivity contribution in [2.24, 2.45) is 0 Å². The summed E-state index contributed by atoms with van der Waals surface area (Å²) in [5.41, 5.74) is 0.301. The van der Waals surface area contributed by atoms with Crippen molar-refractivity contribution in [1.82, 2.24) is 10.1 Å². The van der Waals surface area contributed by atoms with E-state index in [1.807, 2.05) is 6.92 Å². The number of benzene rings is 1. The molecule has 0 aliphatic heterocycles. The largest absolute Gasteiger partial charge is 0.495 e. The molecule has 7 nitrogen and oxygen atoms in total. The third-order valence-corrected chi connectivity index (χ3v) is 3.77. The van der Waals surface area contributed by atoms with Crippen molar-refractivity contribution in [1.29, 1.82) is 0 Å². The third kappa shape index (κ3) is 4.22. The summed E-state index contributed by atoms with van der Waals surface area (Å²) in [5.74, 6) is 1.27. The average molecular weight is 385 g/mol. The Morgan fingerprint density at radius 2 is 1.91 bits per heavy atom. The van der Waals surface area contributed by atoms with E-state index in [4.69, 9.17) is 18.7 Å². The van der Waals surface area contributed by atoms with Crippen LogP contribution in [0.1, 0.15) is 35.4 Å². The Bertz CT molecular complexity index is 661. The van der Waals surface area contributed by atoms with Gasteiger partial charge in [-0.05, 0) is 34.5 Å². The highest BCUT2D eigenvalue weighted by molar-refractivity contribution is 9.10. The molecule has 2 aromatic rings. The Hall–Kier alpha value is -2.09. The molecule has 0 atom stereocenters. The van der Waals surface area contributed by atoms with Gasteiger partial charge in [-0.2, -0.15) is 4.98 Å². The van der Waals surface area contributed by atoms with Crippen LogP contribution in [0.2, 0.25) is 0 Å². The van der Waals surface area contributed by atoms with Crippen LogP contribution in [0.3, 0.4) is 0 Å². The fourth-order valence-corrected chi connectivity index (χ4v) is 2.42. The van der Waals surface area contributed by atoms with Gasteiger partial charge in [0.05, 0.1) is 19.8 Å². The second-order valence-electron chi connectivity index (χ2n) is 4.63. The minimum Gasteiger partial charge on any atom is -0.495 e. The van der Waals surface area contributed by atoms with Crippen LogP contribution in [0.5, 0.6) is 11.5 Å². The molecule has 1 aromatic heterocycles. The number of ether oxygens (including phenoxy) is 3. The van der Waals surface area contributed by atoms with Gasteiger partial charge in [0.1, 0.15) is 16.0 Å². The second kappa shape index (κ2) is 7.96. The highest BCUT2D eigenvalue weighted by atomic mass is 79.9. The van der Waals surface area contributed by atoms with E-state index in [1.165, 1.54) is 14.2 Å². The van der Waals surface area contributed by atoms with Crippen LogP contribution < -0.4 is 9.47 Å². The predicted octanol–water partition coefficient (Wildman–Crippen LogP) is 3.16. The Kier molecular flexibility index (Phi) is 5.97. The van der Waals surface area contributed by atoms with Crippen molar-refractivity contribution in [3.05, 3.63) is 33.9 Å². The van der Waals surface area contributed by atoms with Crippen LogP contribution in [0, 0.1) is 0 Å². The van der Waals surface area contributed by atoms with Crippen LogP contribution in [0.15, 0.2) is 21.1 Å². The molecule has 8 heteroatoms. The standard InChI is InChI=1S/C15H17BrN2O5/c1-4-5-12-17-13(23-18-12)8-22-15(19)9-6-10(20-2)14(16)11(7-9)21-3/h6-7H,4-5,8H2,1-3H3. The van der Waals surface area contributed by atoms with Gasteiger partial charge in [-0.15, -0.1) is 0 Å². The lowest BCUT2D eigenvalue weighted by Crippen LogP contribution is -2.06. The molecule has 0 amide bonds. The topological polar surface area (TPSA) is 83.7 Å². The molecule has 1 heterocycles. The van der Waals surface area contributed by atoms with Gasteiger partial charge in [0, 0.05) is 6.42 Å². The lowest BCUT2D eigenvalue weighted by atomic mass is 10.2. The highest BCUT2D eigenvalue weighted by Gasteiger charge is 2.17. The maximum atomic E-state index is 12.2. The molecule has 0 N–H and O–H groups in total. The van der Waals surface area contributed by atoms with Crippen LogP contribution in [0.4, 0.5) is 0 Å². The second-order valence-corrected chi connectivity index (χ2v) is 5.42. The average Bonchev–Trinajstić information content (AvgIpc) is 3.00. The number of hydrogen-bond donors (Lipinski definition) is 0. The maximum absolute atomic E-state index is 12.2. The Morgan fingerprint density at radius 3 is 2.48 bits per heavy atom. The molecule has 124 valence electrons. The quantitative estimate of drug-likeness (QED) is 0.677. The summed E-state index contributed by atoms with van der Waals surface area (Å²) in [6, 6.07) is 3.12. The van der Waals surface area contributed by atoms with Gasteiger partial charge in [0.25, 0.3) is 5.89 Å². The summed E-state index contributed by atoms with van der Waals surface area (Å²) in [5, 5.41) is 3.80. The number of rotatable bonds is 7. The first kappa shape index (κ1) is 17.3. The molecule has 0 aliphatic rings. The van der Waals surface area contributed by atoms with Crippen molar-refractivity contribution >= 4 is 21.9 Å². The maximum Gasteiger partial charge on any atom is 0.338 e. The van der Waals surface area contributed by atoms with Gasteiger partial charge in [-0.3, -0.25) is 0 Å². The summed E-state index contributed by atoms with van der Waals surface area (Å²) in [4.78, 5) is 16.3. The number of halogens is 1. The lowest BCUT2D eigenvalue weighted by Gasteiger charge is -2.10. The monoisotopic (exact) mass is 384 g/mol. The van der Waals surface area contributed by atoms with Crippen LogP contribution >= 0.6 is 15.9 Å². The van der Waals surface area contributed by atoms with Gasteiger partial charge >= 0.3 is 5.97 Å². The number of aryl methyl sites for hydroxylation is 1. The molecule has 0 aliphatic carbocycles. The van der Waals surface area contributed by atoms with Crippen molar-refractivity contribution in [3.8, 4) is 11.5 Å². The fourth-order valence-electron chi connectivity index (χ4n) is 1.87. The van der Waals surface area contributed by atoms with Gasteiger partial charge in [0.15, 0.2) is 12.4 Å². The molecule has 0 saturated heterocycles. The summed E-state index contributed by atoms with van der Waals surface area (Å²) in [6.45, 7) is 1.93. The van der Waals surface area contributed by atoms with Crippen LogP contribution in [-0.4, -0.2) is 30.3 Å². The predicted molar refractivity (Wildman–Crippen MR) is 84.7 cm³/mol. The number of carbonyl (C=O) groups excluding carboxylic acids is 1. The van der Waals surface area contributed by atoms with Gasteiger partial charge in [0.2, 0.25) is 0 Å². The number of carbonyl (C=O) groups is 1. The Balaban J connectivity index is 2.07.